The Kier molecular flexibility index (Phi) is 4.94. The summed E-state index contributed by atoms with van der Waals surface area (Å²) in [6.45, 7) is 6.78. The topological polar surface area (TPSA) is 26.3 Å². The van der Waals surface area contributed by atoms with Gasteiger partial charge in [0, 0.05) is 13.3 Å². The van der Waals surface area contributed by atoms with Gasteiger partial charge in [-0.25, -0.2) is 0 Å². The van der Waals surface area contributed by atoms with E-state index >= 15 is 0 Å². The maximum Gasteiger partial charge on any atom is 0.302 e. The van der Waals surface area contributed by atoms with Gasteiger partial charge in [0.15, 0.2) is 0 Å². The number of hydrogen-bond donors (Lipinski definition) is 0. The largest absolute Gasteiger partial charge is 0.462 e. The molecule has 4 aliphatic carbocycles. The molecule has 0 radical (unpaired) electrons. The van der Waals surface area contributed by atoms with Gasteiger partial charge in [0.05, 0.1) is 4.08 Å². The molecule has 156 valence electrons. The molecule has 6 unspecified atom stereocenters. The molecular formula is C24H36O2S2. The van der Waals surface area contributed by atoms with Crippen molar-refractivity contribution in [2.75, 3.05) is 11.5 Å². The minimum absolute atomic E-state index is 0.116. The summed E-state index contributed by atoms with van der Waals surface area (Å²) >= 11 is 4.65. The Hall–Kier alpha value is -0.0900. The number of carbonyl (C=O) groups is 1. The number of esters is 1. The molecule has 0 N–H and O–H groups in total. The Balaban J connectivity index is 1.40. The molecule has 1 spiro atoms. The van der Waals surface area contributed by atoms with Crippen molar-refractivity contribution in [2.24, 2.45) is 28.6 Å². The maximum absolute atomic E-state index is 11.4. The molecule has 0 aromatic rings. The van der Waals surface area contributed by atoms with Crippen LogP contribution in [0.15, 0.2) is 11.6 Å². The fourth-order valence-corrected chi connectivity index (χ4v) is 11.9. The van der Waals surface area contributed by atoms with Crippen LogP contribution in [0, 0.1) is 28.6 Å². The van der Waals surface area contributed by atoms with E-state index in [1.54, 1.807) is 12.5 Å². The molecule has 5 aliphatic rings. The maximum atomic E-state index is 11.4. The number of ether oxygens (including phenoxy) is 1. The summed E-state index contributed by atoms with van der Waals surface area (Å²) in [7, 11) is 0. The van der Waals surface area contributed by atoms with Crippen LogP contribution in [-0.2, 0) is 9.53 Å². The summed E-state index contributed by atoms with van der Waals surface area (Å²) in [6.07, 6.45) is 14.3. The van der Waals surface area contributed by atoms with Crippen LogP contribution in [0.5, 0.6) is 0 Å². The van der Waals surface area contributed by atoms with Crippen LogP contribution in [0.2, 0.25) is 0 Å². The minimum Gasteiger partial charge on any atom is -0.462 e. The van der Waals surface area contributed by atoms with Gasteiger partial charge in [0.25, 0.3) is 0 Å². The van der Waals surface area contributed by atoms with Crippen LogP contribution in [0.25, 0.3) is 0 Å². The van der Waals surface area contributed by atoms with Crippen molar-refractivity contribution < 1.29 is 9.53 Å². The molecule has 0 aromatic carbocycles. The zero-order valence-corrected chi connectivity index (χ0v) is 19.4. The second kappa shape index (κ2) is 6.97. The third kappa shape index (κ3) is 2.79. The molecule has 2 nitrogen and oxygen atoms in total. The number of carbonyl (C=O) groups excluding carboxylic acids is 1. The van der Waals surface area contributed by atoms with Crippen molar-refractivity contribution in [2.45, 2.75) is 88.7 Å². The number of fused-ring (bicyclic) bond motifs is 6. The second-order valence-corrected chi connectivity index (χ2v) is 13.6. The SMILES string of the molecule is CC(=O)OC1CCC2(C)C(=CCC3C2CCC2(C)C3CCC23SCCCS3)C1. The van der Waals surface area contributed by atoms with E-state index in [0.717, 1.165) is 30.6 Å². The lowest BCUT2D eigenvalue weighted by atomic mass is 9.48. The Morgan fingerprint density at radius 3 is 2.57 bits per heavy atom. The zero-order valence-electron chi connectivity index (χ0n) is 17.8. The molecule has 0 amide bonds. The summed E-state index contributed by atoms with van der Waals surface area (Å²) in [5.74, 6) is 5.27. The fourth-order valence-electron chi connectivity index (χ4n) is 7.97. The van der Waals surface area contributed by atoms with Crippen LogP contribution in [0.1, 0.15) is 78.6 Å². The first-order valence-corrected chi connectivity index (χ1v) is 13.5. The number of allylic oxidation sites excluding steroid dienone is 1. The van der Waals surface area contributed by atoms with E-state index < -0.39 is 0 Å². The molecule has 1 saturated heterocycles. The van der Waals surface area contributed by atoms with Crippen molar-refractivity contribution in [3.8, 4) is 0 Å². The molecule has 1 heterocycles. The third-order valence-electron chi connectivity index (χ3n) is 9.39. The van der Waals surface area contributed by atoms with E-state index in [0.29, 0.717) is 14.9 Å². The average molecular weight is 421 g/mol. The van der Waals surface area contributed by atoms with Gasteiger partial charge in [-0.3, -0.25) is 4.79 Å². The van der Waals surface area contributed by atoms with Crippen LogP contribution in [0.3, 0.4) is 0 Å². The summed E-state index contributed by atoms with van der Waals surface area (Å²) in [5.41, 5.74) is 2.49. The highest BCUT2D eigenvalue weighted by molar-refractivity contribution is 8.18. The van der Waals surface area contributed by atoms with Crippen molar-refractivity contribution in [3.63, 3.8) is 0 Å². The molecular weight excluding hydrogens is 384 g/mol. The Morgan fingerprint density at radius 2 is 1.82 bits per heavy atom. The average Bonchev–Trinajstić information content (AvgIpc) is 2.94. The van der Waals surface area contributed by atoms with Crippen LogP contribution in [0.4, 0.5) is 0 Å². The van der Waals surface area contributed by atoms with Gasteiger partial charge in [0.1, 0.15) is 6.10 Å². The predicted molar refractivity (Wildman–Crippen MR) is 120 cm³/mol. The van der Waals surface area contributed by atoms with Gasteiger partial charge < -0.3 is 4.74 Å². The summed E-state index contributed by atoms with van der Waals surface area (Å²) in [4.78, 5) is 11.4. The van der Waals surface area contributed by atoms with Crippen molar-refractivity contribution in [1.82, 2.24) is 0 Å². The van der Waals surface area contributed by atoms with Gasteiger partial charge >= 0.3 is 5.97 Å². The van der Waals surface area contributed by atoms with E-state index in [1.807, 2.05) is 0 Å². The second-order valence-electron chi connectivity index (χ2n) is 10.5. The zero-order chi connectivity index (χ0) is 19.6. The fraction of sp³-hybridized carbons (Fsp3) is 0.875. The van der Waals surface area contributed by atoms with Gasteiger partial charge in [-0.05, 0) is 91.5 Å². The predicted octanol–water partition coefficient (Wildman–Crippen LogP) is 6.45. The number of thioether (sulfide) groups is 2. The minimum atomic E-state index is -0.116. The Morgan fingerprint density at radius 1 is 1.07 bits per heavy atom. The van der Waals surface area contributed by atoms with E-state index in [2.05, 4.69) is 43.4 Å². The highest BCUT2D eigenvalue weighted by Crippen LogP contribution is 2.73. The van der Waals surface area contributed by atoms with E-state index in [1.165, 1.54) is 56.5 Å². The van der Waals surface area contributed by atoms with E-state index in [4.69, 9.17) is 4.74 Å². The lowest BCUT2D eigenvalue weighted by molar-refractivity contribution is -0.148. The van der Waals surface area contributed by atoms with E-state index in [-0.39, 0.29) is 12.1 Å². The van der Waals surface area contributed by atoms with Gasteiger partial charge in [0.2, 0.25) is 0 Å². The van der Waals surface area contributed by atoms with Crippen molar-refractivity contribution >= 4 is 29.5 Å². The van der Waals surface area contributed by atoms with Crippen LogP contribution < -0.4 is 0 Å². The monoisotopic (exact) mass is 420 g/mol. The molecule has 0 aromatic heterocycles. The normalized spacial score (nSPS) is 46.9. The first-order chi connectivity index (χ1) is 13.4. The van der Waals surface area contributed by atoms with Crippen LogP contribution >= 0.6 is 23.5 Å². The molecule has 28 heavy (non-hydrogen) atoms. The van der Waals surface area contributed by atoms with E-state index in [9.17, 15) is 4.79 Å². The summed E-state index contributed by atoms with van der Waals surface area (Å²) in [5, 5.41) is 0. The molecule has 4 heteroatoms. The van der Waals surface area contributed by atoms with Gasteiger partial charge in [-0.1, -0.05) is 25.5 Å². The number of rotatable bonds is 1. The molecule has 1 aliphatic heterocycles. The smallest absolute Gasteiger partial charge is 0.302 e. The summed E-state index contributed by atoms with van der Waals surface area (Å²) in [6, 6.07) is 0. The van der Waals surface area contributed by atoms with Crippen molar-refractivity contribution in [1.29, 1.82) is 0 Å². The highest BCUT2D eigenvalue weighted by Gasteiger charge is 2.64. The van der Waals surface area contributed by atoms with Gasteiger partial charge in [-0.2, -0.15) is 0 Å². The Bertz CT molecular complexity index is 682. The lowest BCUT2D eigenvalue weighted by Gasteiger charge is -2.60. The quantitative estimate of drug-likeness (QED) is 0.360. The standard InChI is InChI=1S/C24H36O2S2/c1-16(25)26-18-7-10-22(2)17(15-18)5-6-19-20(22)8-11-23(3)21(19)9-12-24(23)27-13-4-14-28-24/h5,18-21H,4,6-15H2,1-3H3. The first-order valence-electron chi connectivity index (χ1n) is 11.5. The highest BCUT2D eigenvalue weighted by atomic mass is 32.2. The third-order valence-corrected chi connectivity index (χ3v) is 13.4. The lowest BCUT2D eigenvalue weighted by Crippen LogP contribution is -2.53. The molecule has 3 saturated carbocycles. The first kappa shape index (κ1) is 19.8. The number of hydrogen-bond acceptors (Lipinski definition) is 4. The van der Waals surface area contributed by atoms with Gasteiger partial charge in [-0.15, -0.1) is 23.5 Å². The Labute approximate surface area is 179 Å². The molecule has 5 rings (SSSR count). The summed E-state index contributed by atoms with van der Waals surface area (Å²) < 4.78 is 6.11. The molecule has 4 fully saturated rings. The van der Waals surface area contributed by atoms with Crippen LogP contribution in [-0.4, -0.2) is 27.7 Å². The molecule has 6 atom stereocenters. The van der Waals surface area contributed by atoms with Crippen molar-refractivity contribution in [3.05, 3.63) is 11.6 Å². The molecule has 0 bridgehead atoms.